The largest absolute Gasteiger partial charge is 0.355 e. The zero-order valence-corrected chi connectivity index (χ0v) is 22.5. The molecule has 2 aromatic carbocycles. The number of benzene rings is 2. The molecule has 0 aliphatic rings. The maximum absolute atomic E-state index is 3.55. The summed E-state index contributed by atoms with van der Waals surface area (Å²) in [6.45, 7) is 2.30. The third-order valence-electron chi connectivity index (χ3n) is 6.94. The van der Waals surface area contributed by atoms with E-state index in [1.807, 2.05) is 0 Å². The highest BCUT2D eigenvalue weighted by Crippen LogP contribution is 2.28. The Kier molecular flexibility index (Phi) is 12.0. The summed E-state index contributed by atoms with van der Waals surface area (Å²) in [5.74, 6) is 0. The van der Waals surface area contributed by atoms with Crippen molar-refractivity contribution in [3.05, 3.63) is 45.5 Å². The van der Waals surface area contributed by atoms with Crippen LogP contribution in [0.15, 0.2) is 36.4 Å². The molecule has 32 heavy (non-hydrogen) atoms. The van der Waals surface area contributed by atoms with Gasteiger partial charge in [-0.2, -0.15) is 0 Å². The summed E-state index contributed by atoms with van der Waals surface area (Å²) in [6, 6.07) is 13.7. The van der Waals surface area contributed by atoms with E-state index in [1.165, 1.54) is 140 Å². The molecule has 1 aromatic heterocycles. The lowest BCUT2D eigenvalue weighted by atomic mass is 10.0. The normalized spacial score (nSPS) is 11.7. The second-order valence-electron chi connectivity index (χ2n) is 9.75. The highest BCUT2D eigenvalue weighted by Gasteiger charge is 2.06. The van der Waals surface area contributed by atoms with Crippen molar-refractivity contribution in [3.63, 3.8) is 0 Å². The van der Waals surface area contributed by atoms with Gasteiger partial charge in [-0.15, -0.1) is 0 Å². The molecule has 0 saturated heterocycles. The van der Waals surface area contributed by atoms with Crippen LogP contribution in [0.25, 0.3) is 21.8 Å². The Bertz CT molecular complexity index is 910. The summed E-state index contributed by atoms with van der Waals surface area (Å²) >= 11 is 2.41. The van der Waals surface area contributed by atoms with E-state index in [0.717, 1.165) is 0 Å². The maximum atomic E-state index is 3.55. The van der Waals surface area contributed by atoms with Crippen LogP contribution in [0.3, 0.4) is 0 Å². The molecule has 1 heterocycles. The molecule has 3 aromatic rings. The number of nitrogens with one attached hydrogen (secondary N) is 1. The molecule has 0 atom stereocenters. The van der Waals surface area contributed by atoms with Crippen LogP contribution >= 0.6 is 22.6 Å². The van der Waals surface area contributed by atoms with Gasteiger partial charge < -0.3 is 4.98 Å². The van der Waals surface area contributed by atoms with E-state index in [2.05, 4.69) is 70.9 Å². The maximum Gasteiger partial charge on any atom is 0.0465 e. The highest BCUT2D eigenvalue weighted by molar-refractivity contribution is 14.1. The predicted molar refractivity (Wildman–Crippen MR) is 152 cm³/mol. The van der Waals surface area contributed by atoms with E-state index < -0.39 is 0 Å². The minimum atomic E-state index is 1.21. The lowest BCUT2D eigenvalue weighted by molar-refractivity contribution is 0.529. The summed E-state index contributed by atoms with van der Waals surface area (Å²) < 4.78 is 1.30. The smallest absolute Gasteiger partial charge is 0.0465 e. The quantitative estimate of drug-likeness (QED) is 0.128. The van der Waals surface area contributed by atoms with Crippen LogP contribution < -0.4 is 0 Å². The summed E-state index contributed by atoms with van der Waals surface area (Å²) in [7, 11) is 0. The number of H-pyrrole nitrogens is 1. The van der Waals surface area contributed by atoms with Crippen molar-refractivity contribution in [2.45, 2.75) is 116 Å². The first-order valence-corrected chi connectivity index (χ1v) is 14.6. The second-order valence-corrected chi connectivity index (χ2v) is 11.0. The molecule has 0 amide bonds. The zero-order chi connectivity index (χ0) is 22.4. The number of aromatic amines is 1. The van der Waals surface area contributed by atoms with Crippen LogP contribution in [0.5, 0.6) is 0 Å². The Hall–Kier alpha value is -1.03. The lowest BCUT2D eigenvalue weighted by Gasteiger charge is -2.04. The first kappa shape index (κ1) is 25.6. The van der Waals surface area contributed by atoms with Gasteiger partial charge in [0.2, 0.25) is 0 Å². The molecule has 0 spiro atoms. The molecule has 1 nitrogen and oxygen atoms in total. The number of hydrogen-bond donors (Lipinski definition) is 1. The number of fused-ring (bicyclic) bond motifs is 3. The summed E-state index contributed by atoms with van der Waals surface area (Å²) in [4.78, 5) is 3.55. The third kappa shape index (κ3) is 8.72. The van der Waals surface area contributed by atoms with Crippen molar-refractivity contribution in [2.24, 2.45) is 0 Å². The molecular formula is C30H44IN. The van der Waals surface area contributed by atoms with Gasteiger partial charge in [-0.25, -0.2) is 0 Å². The predicted octanol–water partition coefficient (Wildman–Crippen LogP) is 10.7. The topological polar surface area (TPSA) is 15.8 Å². The standard InChI is InChI=1S/C30H44IN/c1-2-3-4-5-6-7-8-9-10-11-12-13-14-15-16-17-18-25-19-21-29-27(23-25)28-24-26(31)20-22-30(28)32-29/h19-24,32H,2-18H2,1H3. The number of halogens is 1. The lowest BCUT2D eigenvalue weighted by Crippen LogP contribution is -1.87. The molecule has 2 heteroatoms. The monoisotopic (exact) mass is 545 g/mol. The van der Waals surface area contributed by atoms with Gasteiger partial charge in [-0.05, 0) is 71.3 Å². The van der Waals surface area contributed by atoms with Crippen LogP contribution in [0.1, 0.15) is 115 Å². The van der Waals surface area contributed by atoms with Crippen molar-refractivity contribution in [3.8, 4) is 0 Å². The van der Waals surface area contributed by atoms with E-state index in [0.29, 0.717) is 0 Å². The molecule has 0 bridgehead atoms. The SMILES string of the molecule is CCCCCCCCCCCCCCCCCCc1ccc2[nH]c3ccc(I)cc3c2c1. The van der Waals surface area contributed by atoms with Gasteiger partial charge in [0.1, 0.15) is 0 Å². The van der Waals surface area contributed by atoms with Crippen molar-refractivity contribution >= 4 is 44.4 Å². The van der Waals surface area contributed by atoms with Crippen molar-refractivity contribution < 1.29 is 0 Å². The fourth-order valence-electron chi connectivity index (χ4n) is 4.95. The molecule has 0 fully saturated rings. The molecule has 176 valence electrons. The second kappa shape index (κ2) is 15.0. The van der Waals surface area contributed by atoms with E-state index in [-0.39, 0.29) is 0 Å². The average molecular weight is 546 g/mol. The van der Waals surface area contributed by atoms with Gasteiger partial charge in [0.25, 0.3) is 0 Å². The molecule has 0 unspecified atom stereocenters. The van der Waals surface area contributed by atoms with E-state index in [1.54, 1.807) is 0 Å². The van der Waals surface area contributed by atoms with Crippen LogP contribution in [-0.4, -0.2) is 4.98 Å². The number of hydrogen-bond acceptors (Lipinski definition) is 0. The Balaban J connectivity index is 1.20. The molecule has 0 radical (unpaired) electrons. The highest BCUT2D eigenvalue weighted by atomic mass is 127. The van der Waals surface area contributed by atoms with Crippen molar-refractivity contribution in [1.29, 1.82) is 0 Å². The van der Waals surface area contributed by atoms with Crippen LogP contribution in [0.2, 0.25) is 0 Å². The first-order valence-electron chi connectivity index (χ1n) is 13.5. The van der Waals surface area contributed by atoms with Gasteiger partial charge >= 0.3 is 0 Å². The number of aryl methyl sites for hydroxylation is 1. The van der Waals surface area contributed by atoms with Crippen LogP contribution in [0.4, 0.5) is 0 Å². The van der Waals surface area contributed by atoms with E-state index in [4.69, 9.17) is 0 Å². The molecule has 3 rings (SSSR count). The average Bonchev–Trinajstić information content (AvgIpc) is 3.16. The van der Waals surface area contributed by atoms with Gasteiger partial charge in [-0.3, -0.25) is 0 Å². The third-order valence-corrected chi connectivity index (χ3v) is 7.62. The number of rotatable bonds is 17. The number of unbranched alkanes of at least 4 members (excludes halogenated alkanes) is 15. The Morgan fingerprint density at radius 1 is 0.562 bits per heavy atom. The molecule has 0 aliphatic heterocycles. The van der Waals surface area contributed by atoms with Gasteiger partial charge in [0, 0.05) is 25.4 Å². The summed E-state index contributed by atoms with van der Waals surface area (Å²) in [6.07, 6.45) is 24.1. The minimum absolute atomic E-state index is 1.21. The number of aromatic nitrogens is 1. The zero-order valence-electron chi connectivity index (χ0n) is 20.4. The summed E-state index contributed by atoms with van der Waals surface area (Å²) in [5.41, 5.74) is 4.00. The van der Waals surface area contributed by atoms with Gasteiger partial charge in [-0.1, -0.05) is 109 Å². The van der Waals surface area contributed by atoms with Gasteiger partial charge in [0.05, 0.1) is 0 Å². The molecule has 0 saturated carbocycles. The molecular weight excluding hydrogens is 501 g/mol. The molecule has 1 N–H and O–H groups in total. The van der Waals surface area contributed by atoms with Crippen LogP contribution in [0, 0.1) is 3.57 Å². The van der Waals surface area contributed by atoms with E-state index in [9.17, 15) is 0 Å². The molecule has 0 aliphatic carbocycles. The Morgan fingerprint density at radius 2 is 1.03 bits per heavy atom. The first-order chi connectivity index (χ1) is 15.8. The van der Waals surface area contributed by atoms with Crippen LogP contribution in [-0.2, 0) is 6.42 Å². The fraction of sp³-hybridized carbons (Fsp3) is 0.600. The minimum Gasteiger partial charge on any atom is -0.355 e. The Morgan fingerprint density at radius 3 is 1.59 bits per heavy atom. The van der Waals surface area contributed by atoms with Crippen molar-refractivity contribution in [1.82, 2.24) is 4.98 Å². The van der Waals surface area contributed by atoms with E-state index >= 15 is 0 Å². The van der Waals surface area contributed by atoms with Crippen molar-refractivity contribution in [2.75, 3.05) is 0 Å². The fourth-order valence-corrected chi connectivity index (χ4v) is 5.44. The van der Waals surface area contributed by atoms with Gasteiger partial charge in [0.15, 0.2) is 0 Å². The summed E-state index contributed by atoms with van der Waals surface area (Å²) in [5, 5.41) is 2.74. The Labute approximate surface area is 210 Å².